The Labute approximate surface area is 152 Å². The van der Waals surface area contributed by atoms with Crippen LogP contribution in [-0.2, 0) is 4.74 Å². The van der Waals surface area contributed by atoms with Crippen molar-refractivity contribution in [2.45, 2.75) is 0 Å². The molecule has 0 aliphatic rings. The van der Waals surface area contributed by atoms with Gasteiger partial charge in [-0.05, 0) is 18.2 Å². The minimum Gasteiger partial charge on any atom is -0.453 e. The molecule has 3 rings (SSSR count). The van der Waals surface area contributed by atoms with E-state index in [2.05, 4.69) is 20.4 Å². The standard InChI is InChI=1S/C18H14FN3O3S/c1-25-18(24)22-17-20-14(11-6-3-2-4-7-11)16(26-17)21-15(23)12-8-5-9-13(19)10-12/h2-10H,1H3,(H,21,23)(H,20,22,24). The lowest BCUT2D eigenvalue weighted by Gasteiger charge is -2.05. The second-order valence-electron chi connectivity index (χ2n) is 5.14. The van der Waals surface area contributed by atoms with E-state index in [9.17, 15) is 14.0 Å². The molecular formula is C18H14FN3O3S. The number of amides is 2. The summed E-state index contributed by atoms with van der Waals surface area (Å²) in [5, 5.41) is 5.90. The number of ether oxygens (including phenoxy) is 1. The summed E-state index contributed by atoms with van der Waals surface area (Å²) in [6.45, 7) is 0. The van der Waals surface area contributed by atoms with Gasteiger partial charge in [0.05, 0.1) is 7.11 Å². The summed E-state index contributed by atoms with van der Waals surface area (Å²) in [4.78, 5) is 28.2. The number of nitrogens with one attached hydrogen (secondary N) is 2. The number of anilines is 2. The lowest BCUT2D eigenvalue weighted by molar-refractivity contribution is 0.102. The van der Waals surface area contributed by atoms with E-state index in [0.29, 0.717) is 10.7 Å². The number of methoxy groups -OCH3 is 1. The highest BCUT2D eigenvalue weighted by atomic mass is 32.1. The van der Waals surface area contributed by atoms with Gasteiger partial charge in [-0.15, -0.1) is 0 Å². The molecular weight excluding hydrogens is 357 g/mol. The van der Waals surface area contributed by atoms with Crippen molar-refractivity contribution in [3.63, 3.8) is 0 Å². The first kappa shape index (κ1) is 17.6. The Kier molecular flexibility index (Phi) is 5.23. The fraction of sp³-hybridized carbons (Fsp3) is 0.0556. The average Bonchev–Trinajstić information content (AvgIpc) is 3.04. The van der Waals surface area contributed by atoms with E-state index in [-0.39, 0.29) is 10.7 Å². The quantitative estimate of drug-likeness (QED) is 0.713. The van der Waals surface area contributed by atoms with E-state index in [1.165, 1.54) is 25.3 Å². The first-order chi connectivity index (χ1) is 12.6. The Morgan fingerprint density at radius 2 is 1.85 bits per heavy atom. The zero-order chi connectivity index (χ0) is 18.5. The Hall–Kier alpha value is -3.26. The van der Waals surface area contributed by atoms with E-state index >= 15 is 0 Å². The van der Waals surface area contributed by atoms with Crippen LogP contribution in [0.2, 0.25) is 0 Å². The molecule has 8 heteroatoms. The van der Waals surface area contributed by atoms with E-state index in [0.717, 1.165) is 23.0 Å². The molecule has 2 amide bonds. The lowest BCUT2D eigenvalue weighted by atomic mass is 10.1. The predicted molar refractivity (Wildman–Crippen MR) is 97.9 cm³/mol. The van der Waals surface area contributed by atoms with Crippen LogP contribution >= 0.6 is 11.3 Å². The van der Waals surface area contributed by atoms with Crippen molar-refractivity contribution < 1.29 is 18.7 Å². The van der Waals surface area contributed by atoms with Crippen LogP contribution in [0.25, 0.3) is 11.3 Å². The molecule has 0 unspecified atom stereocenters. The number of rotatable bonds is 4. The first-order valence-electron chi connectivity index (χ1n) is 7.55. The summed E-state index contributed by atoms with van der Waals surface area (Å²) in [5.41, 5.74) is 1.43. The molecule has 0 bridgehead atoms. The van der Waals surface area contributed by atoms with E-state index in [4.69, 9.17) is 0 Å². The maximum absolute atomic E-state index is 13.3. The van der Waals surface area contributed by atoms with Crippen LogP contribution in [0.5, 0.6) is 0 Å². The van der Waals surface area contributed by atoms with Gasteiger partial charge in [0.15, 0.2) is 5.13 Å². The maximum Gasteiger partial charge on any atom is 0.413 e. The number of nitrogens with zero attached hydrogens (tertiary/aromatic N) is 1. The largest absolute Gasteiger partial charge is 0.453 e. The molecule has 0 fully saturated rings. The molecule has 2 aromatic carbocycles. The smallest absolute Gasteiger partial charge is 0.413 e. The summed E-state index contributed by atoms with van der Waals surface area (Å²) in [6.07, 6.45) is -0.665. The van der Waals surface area contributed by atoms with Crippen LogP contribution in [0.4, 0.5) is 19.3 Å². The summed E-state index contributed by atoms with van der Waals surface area (Å²) >= 11 is 1.08. The Bertz CT molecular complexity index is 944. The Morgan fingerprint density at radius 1 is 1.08 bits per heavy atom. The number of hydrogen-bond donors (Lipinski definition) is 2. The average molecular weight is 371 g/mol. The SMILES string of the molecule is COC(=O)Nc1nc(-c2ccccc2)c(NC(=O)c2cccc(F)c2)s1. The highest BCUT2D eigenvalue weighted by Gasteiger charge is 2.18. The van der Waals surface area contributed by atoms with Crippen LogP contribution in [0.3, 0.4) is 0 Å². The molecule has 3 aromatic rings. The lowest BCUT2D eigenvalue weighted by Crippen LogP contribution is -2.11. The van der Waals surface area contributed by atoms with E-state index < -0.39 is 17.8 Å². The molecule has 0 spiro atoms. The van der Waals surface area contributed by atoms with Crippen LogP contribution in [0, 0.1) is 5.82 Å². The molecule has 0 saturated heterocycles. The topological polar surface area (TPSA) is 80.3 Å². The zero-order valence-electron chi connectivity index (χ0n) is 13.7. The van der Waals surface area contributed by atoms with Crippen molar-refractivity contribution in [1.82, 2.24) is 4.98 Å². The van der Waals surface area contributed by atoms with Gasteiger partial charge in [0.25, 0.3) is 5.91 Å². The summed E-state index contributed by atoms with van der Waals surface area (Å²) in [7, 11) is 1.24. The third kappa shape index (κ3) is 4.04. The van der Waals surface area contributed by atoms with Crippen molar-refractivity contribution in [2.24, 2.45) is 0 Å². The minimum atomic E-state index is -0.665. The van der Waals surface area contributed by atoms with Crippen molar-refractivity contribution >= 4 is 33.5 Å². The number of thiazole rings is 1. The molecule has 0 atom stereocenters. The summed E-state index contributed by atoms with van der Waals surface area (Å²) in [6, 6.07) is 14.6. The van der Waals surface area contributed by atoms with Gasteiger partial charge in [-0.25, -0.2) is 14.2 Å². The highest BCUT2D eigenvalue weighted by molar-refractivity contribution is 7.20. The molecule has 2 N–H and O–H groups in total. The van der Waals surface area contributed by atoms with Crippen LogP contribution < -0.4 is 10.6 Å². The number of halogens is 1. The molecule has 6 nitrogen and oxygen atoms in total. The first-order valence-corrected chi connectivity index (χ1v) is 8.36. The molecule has 1 aromatic heterocycles. The Morgan fingerprint density at radius 3 is 2.54 bits per heavy atom. The fourth-order valence-corrected chi connectivity index (χ4v) is 3.06. The molecule has 26 heavy (non-hydrogen) atoms. The number of hydrogen-bond acceptors (Lipinski definition) is 5. The van der Waals surface area contributed by atoms with Crippen molar-refractivity contribution in [2.75, 3.05) is 17.7 Å². The van der Waals surface area contributed by atoms with Crippen LogP contribution in [-0.4, -0.2) is 24.1 Å². The van der Waals surface area contributed by atoms with Gasteiger partial charge < -0.3 is 10.1 Å². The third-order valence-corrected chi connectivity index (χ3v) is 4.27. The number of carbonyl (C=O) groups is 2. The highest BCUT2D eigenvalue weighted by Crippen LogP contribution is 2.36. The molecule has 132 valence electrons. The Balaban J connectivity index is 1.93. The third-order valence-electron chi connectivity index (χ3n) is 3.38. The fourth-order valence-electron chi connectivity index (χ4n) is 2.19. The number of aromatic nitrogens is 1. The van der Waals surface area contributed by atoms with Crippen LogP contribution in [0.1, 0.15) is 10.4 Å². The van der Waals surface area contributed by atoms with Gasteiger partial charge in [-0.3, -0.25) is 10.1 Å². The van der Waals surface area contributed by atoms with Crippen LogP contribution in [0.15, 0.2) is 54.6 Å². The molecule has 0 aliphatic heterocycles. The normalized spacial score (nSPS) is 10.2. The number of benzene rings is 2. The van der Waals surface area contributed by atoms with Gasteiger partial charge in [0.1, 0.15) is 16.5 Å². The maximum atomic E-state index is 13.3. The molecule has 0 saturated carbocycles. The van der Waals surface area contributed by atoms with Crippen molar-refractivity contribution in [3.8, 4) is 11.3 Å². The minimum absolute atomic E-state index is 0.180. The van der Waals surface area contributed by atoms with Gasteiger partial charge in [0.2, 0.25) is 0 Å². The van der Waals surface area contributed by atoms with Gasteiger partial charge in [-0.1, -0.05) is 47.7 Å². The van der Waals surface area contributed by atoms with Crippen molar-refractivity contribution in [1.29, 1.82) is 0 Å². The van der Waals surface area contributed by atoms with E-state index in [1.54, 1.807) is 0 Å². The zero-order valence-corrected chi connectivity index (χ0v) is 14.5. The van der Waals surface area contributed by atoms with Crippen molar-refractivity contribution in [3.05, 3.63) is 66.0 Å². The number of carbonyl (C=O) groups excluding carboxylic acids is 2. The predicted octanol–water partition coefficient (Wildman–Crippen LogP) is 4.38. The second-order valence-corrected chi connectivity index (χ2v) is 6.14. The van der Waals surface area contributed by atoms with Gasteiger partial charge >= 0.3 is 6.09 Å². The van der Waals surface area contributed by atoms with E-state index in [1.807, 2.05) is 30.3 Å². The van der Waals surface area contributed by atoms with Gasteiger partial charge in [-0.2, -0.15) is 0 Å². The molecule has 0 radical (unpaired) electrons. The molecule has 1 heterocycles. The summed E-state index contributed by atoms with van der Waals surface area (Å²) in [5.74, 6) is -0.978. The second kappa shape index (κ2) is 7.75. The molecule has 0 aliphatic carbocycles. The van der Waals surface area contributed by atoms with Gasteiger partial charge in [0, 0.05) is 11.1 Å². The summed E-state index contributed by atoms with van der Waals surface area (Å²) < 4.78 is 17.9. The monoisotopic (exact) mass is 371 g/mol.